The summed E-state index contributed by atoms with van der Waals surface area (Å²) in [7, 11) is 7.14. The lowest BCUT2D eigenvalue weighted by Crippen LogP contribution is -2.50. The molecule has 8 heteroatoms. The molecule has 2 radical (unpaired) electrons. The number of rotatable bonds is 4. The number of hydrogen-bond donors (Lipinski definition) is 0. The summed E-state index contributed by atoms with van der Waals surface area (Å²) in [5.41, 5.74) is 0. The Bertz CT molecular complexity index is 303. The molecule has 1 aliphatic heterocycles. The number of carbonyl (C=O) groups excluding carboxylic acids is 1. The summed E-state index contributed by atoms with van der Waals surface area (Å²) in [6.07, 6.45) is -0.332. The molecule has 1 fully saturated rings. The Balaban J connectivity index is 2.43. The summed E-state index contributed by atoms with van der Waals surface area (Å²) in [6.45, 7) is 2.44. The van der Waals surface area contributed by atoms with Crippen LogP contribution < -0.4 is 0 Å². The predicted octanol–water partition coefficient (Wildman–Crippen LogP) is -0.0361. The third-order valence-electron chi connectivity index (χ3n) is 2.33. The summed E-state index contributed by atoms with van der Waals surface area (Å²) in [6, 6.07) is -0.515. The van der Waals surface area contributed by atoms with Crippen LogP contribution in [0.1, 0.15) is 6.92 Å². The molecular formula is C9H17BN2O4P+. The SMILES string of the molecule is [B]C1CN(C(C)=O)CC(CO[P+](=O)N(C)C)O1. The Hall–Kier alpha value is -0.485. The molecule has 0 N–H and O–H groups in total. The number of amides is 1. The average Bonchev–Trinajstić information content (AvgIpc) is 2.24. The van der Waals surface area contributed by atoms with Crippen LogP contribution in [0.25, 0.3) is 0 Å². The van der Waals surface area contributed by atoms with Gasteiger partial charge in [-0.25, -0.2) is 0 Å². The van der Waals surface area contributed by atoms with Gasteiger partial charge in [-0.05, 0) is 4.57 Å². The second-order valence-corrected chi connectivity index (χ2v) is 5.64. The van der Waals surface area contributed by atoms with Crippen LogP contribution in [0.3, 0.4) is 0 Å². The second-order valence-electron chi connectivity index (χ2n) is 4.10. The topological polar surface area (TPSA) is 59.1 Å². The molecule has 0 saturated carbocycles. The van der Waals surface area contributed by atoms with Gasteiger partial charge in [-0.3, -0.25) is 4.79 Å². The summed E-state index contributed by atoms with van der Waals surface area (Å²) in [5.74, 6) is -0.0502. The van der Waals surface area contributed by atoms with Crippen molar-refractivity contribution in [3.63, 3.8) is 0 Å². The van der Waals surface area contributed by atoms with E-state index in [1.807, 2.05) is 0 Å². The Labute approximate surface area is 104 Å². The highest BCUT2D eigenvalue weighted by Gasteiger charge is 2.30. The van der Waals surface area contributed by atoms with E-state index in [0.717, 1.165) is 0 Å². The lowest BCUT2D eigenvalue weighted by Gasteiger charge is -2.35. The third-order valence-corrected chi connectivity index (χ3v) is 3.36. The van der Waals surface area contributed by atoms with Crippen LogP contribution in [0, 0.1) is 0 Å². The molecule has 94 valence electrons. The minimum absolute atomic E-state index is 0.0502. The van der Waals surface area contributed by atoms with Crippen LogP contribution in [0.4, 0.5) is 0 Å². The van der Waals surface area contributed by atoms with E-state index in [4.69, 9.17) is 17.1 Å². The van der Waals surface area contributed by atoms with Gasteiger partial charge in [-0.1, -0.05) is 4.67 Å². The van der Waals surface area contributed by atoms with Gasteiger partial charge < -0.3 is 9.64 Å². The fourth-order valence-electron chi connectivity index (χ4n) is 1.48. The van der Waals surface area contributed by atoms with Crippen molar-refractivity contribution in [1.29, 1.82) is 0 Å². The van der Waals surface area contributed by atoms with Crippen LogP contribution in [-0.4, -0.2) is 69.2 Å². The molecule has 6 nitrogen and oxygen atoms in total. The molecule has 1 aliphatic rings. The van der Waals surface area contributed by atoms with Gasteiger partial charge in [0.1, 0.15) is 20.6 Å². The number of carbonyl (C=O) groups is 1. The van der Waals surface area contributed by atoms with Crippen LogP contribution in [0.15, 0.2) is 0 Å². The zero-order valence-electron chi connectivity index (χ0n) is 10.3. The van der Waals surface area contributed by atoms with E-state index in [-0.39, 0.29) is 18.6 Å². The number of morpholine rings is 1. The summed E-state index contributed by atoms with van der Waals surface area (Å²) in [4.78, 5) is 12.8. The average molecular weight is 259 g/mol. The first kappa shape index (κ1) is 14.6. The molecule has 1 amide bonds. The lowest BCUT2D eigenvalue weighted by molar-refractivity contribution is -0.139. The Morgan fingerprint density at radius 1 is 1.59 bits per heavy atom. The largest absolute Gasteiger partial charge is 0.615 e. The van der Waals surface area contributed by atoms with E-state index >= 15 is 0 Å². The van der Waals surface area contributed by atoms with Crippen LogP contribution >= 0.6 is 8.18 Å². The Morgan fingerprint density at radius 3 is 2.76 bits per heavy atom. The first-order valence-corrected chi connectivity index (χ1v) is 6.47. The lowest BCUT2D eigenvalue weighted by atomic mass is 9.97. The Morgan fingerprint density at radius 2 is 2.24 bits per heavy atom. The minimum atomic E-state index is -1.85. The molecule has 0 bridgehead atoms. The Kier molecular flexibility index (Phi) is 5.53. The normalized spacial score (nSPS) is 26.1. The molecule has 3 unspecified atom stereocenters. The maximum absolute atomic E-state index is 11.4. The highest BCUT2D eigenvalue weighted by molar-refractivity contribution is 7.36. The standard InChI is InChI=1S/C9H17BN2O4P/c1-7(13)12-4-8(16-9(10)5-12)6-15-17(14)11(2)3/h8-9H,4-6H2,1-3H3/q+1. The molecule has 3 atom stereocenters. The summed E-state index contributed by atoms with van der Waals surface area (Å²) >= 11 is 0. The molecule has 0 aromatic heterocycles. The molecule has 1 heterocycles. The predicted molar refractivity (Wildman–Crippen MR) is 63.9 cm³/mol. The van der Waals surface area contributed by atoms with Crippen LogP contribution in [0.2, 0.25) is 0 Å². The zero-order chi connectivity index (χ0) is 13.0. The number of nitrogens with zero attached hydrogens (tertiary/aromatic N) is 2. The van der Waals surface area contributed by atoms with E-state index in [9.17, 15) is 9.36 Å². The van der Waals surface area contributed by atoms with Gasteiger partial charge >= 0.3 is 8.18 Å². The quantitative estimate of drug-likeness (QED) is 0.524. The van der Waals surface area contributed by atoms with E-state index in [1.165, 1.54) is 11.6 Å². The maximum atomic E-state index is 11.4. The van der Waals surface area contributed by atoms with Crippen molar-refractivity contribution in [1.82, 2.24) is 9.57 Å². The monoisotopic (exact) mass is 259 g/mol. The van der Waals surface area contributed by atoms with Gasteiger partial charge in [-0.2, -0.15) is 0 Å². The smallest absolute Gasteiger partial charge is 0.379 e. The van der Waals surface area contributed by atoms with E-state index < -0.39 is 14.2 Å². The fraction of sp³-hybridized carbons (Fsp3) is 0.889. The first-order valence-electron chi connectivity index (χ1n) is 5.34. The molecule has 0 spiro atoms. The van der Waals surface area contributed by atoms with Gasteiger partial charge in [0, 0.05) is 40.1 Å². The van der Waals surface area contributed by atoms with Gasteiger partial charge in [0.05, 0.1) is 0 Å². The van der Waals surface area contributed by atoms with Crippen molar-refractivity contribution in [3.8, 4) is 0 Å². The highest BCUT2D eigenvalue weighted by atomic mass is 31.1. The van der Waals surface area contributed by atoms with Gasteiger partial charge in [0.2, 0.25) is 5.91 Å². The maximum Gasteiger partial charge on any atom is 0.615 e. The van der Waals surface area contributed by atoms with Crippen molar-refractivity contribution in [2.45, 2.75) is 19.0 Å². The van der Waals surface area contributed by atoms with Crippen molar-refractivity contribution >= 4 is 21.9 Å². The summed E-state index contributed by atoms with van der Waals surface area (Å²) in [5, 5.41) is 0. The van der Waals surface area contributed by atoms with E-state index in [0.29, 0.717) is 13.1 Å². The fourth-order valence-corrected chi connectivity index (χ4v) is 2.01. The summed E-state index contributed by atoms with van der Waals surface area (Å²) < 4.78 is 23.4. The number of hydrogen-bond acceptors (Lipinski definition) is 4. The van der Waals surface area contributed by atoms with E-state index in [2.05, 4.69) is 0 Å². The van der Waals surface area contributed by atoms with Crippen molar-refractivity contribution in [2.24, 2.45) is 0 Å². The first-order chi connectivity index (χ1) is 7.90. The van der Waals surface area contributed by atoms with Crippen molar-refractivity contribution < 1.29 is 18.6 Å². The highest BCUT2D eigenvalue weighted by Crippen LogP contribution is 2.25. The van der Waals surface area contributed by atoms with Gasteiger partial charge in [-0.15, -0.1) is 4.52 Å². The molecule has 0 aromatic carbocycles. The molecule has 1 saturated heterocycles. The zero-order valence-corrected chi connectivity index (χ0v) is 11.2. The molecule has 0 aliphatic carbocycles. The van der Waals surface area contributed by atoms with E-state index in [1.54, 1.807) is 19.0 Å². The van der Waals surface area contributed by atoms with Crippen LogP contribution in [-0.2, 0) is 18.6 Å². The number of ether oxygens (including phenoxy) is 1. The van der Waals surface area contributed by atoms with Crippen molar-refractivity contribution in [3.05, 3.63) is 0 Å². The van der Waals surface area contributed by atoms with Gasteiger partial charge in [0.15, 0.2) is 0 Å². The third kappa shape index (κ3) is 4.72. The van der Waals surface area contributed by atoms with Gasteiger partial charge in [0.25, 0.3) is 0 Å². The second kappa shape index (κ2) is 6.45. The van der Waals surface area contributed by atoms with Crippen molar-refractivity contribution in [2.75, 3.05) is 33.8 Å². The molecule has 1 rings (SSSR count). The molecule has 17 heavy (non-hydrogen) atoms. The molecular weight excluding hydrogens is 242 g/mol. The minimum Gasteiger partial charge on any atom is -0.379 e. The molecule has 0 aromatic rings. The van der Waals surface area contributed by atoms with Crippen LogP contribution in [0.5, 0.6) is 0 Å².